The van der Waals surface area contributed by atoms with Gasteiger partial charge in [0, 0.05) is 57.1 Å². The molecule has 1 amide bonds. The van der Waals surface area contributed by atoms with E-state index in [-0.39, 0.29) is 6.09 Å². The molecule has 3 rings (SSSR count). The number of anilines is 2. The van der Waals surface area contributed by atoms with E-state index in [4.69, 9.17) is 15.2 Å². The van der Waals surface area contributed by atoms with Crippen molar-refractivity contribution in [2.75, 3.05) is 57.0 Å². The topological polar surface area (TPSA) is 71.3 Å². The van der Waals surface area contributed by atoms with Gasteiger partial charge in [-0.1, -0.05) is 0 Å². The minimum absolute atomic E-state index is 0.195. The summed E-state index contributed by atoms with van der Waals surface area (Å²) in [6.07, 6.45) is 2.05. The molecule has 7 nitrogen and oxygen atoms in total. The van der Waals surface area contributed by atoms with Crippen molar-refractivity contribution in [3.8, 4) is 5.75 Å². The second kappa shape index (κ2) is 8.69. The van der Waals surface area contributed by atoms with Crippen molar-refractivity contribution < 1.29 is 14.3 Å². The molecule has 2 aliphatic heterocycles. The van der Waals surface area contributed by atoms with Gasteiger partial charge in [0.05, 0.1) is 12.8 Å². The molecule has 0 bridgehead atoms. The molecule has 29 heavy (non-hydrogen) atoms. The lowest BCUT2D eigenvalue weighted by molar-refractivity contribution is 0.00902. The summed E-state index contributed by atoms with van der Waals surface area (Å²) >= 11 is 0. The van der Waals surface area contributed by atoms with Crippen molar-refractivity contribution in [3.63, 3.8) is 0 Å². The number of nitrogen functional groups attached to an aromatic ring is 1. The van der Waals surface area contributed by atoms with Crippen LogP contribution < -0.4 is 15.4 Å². The van der Waals surface area contributed by atoms with E-state index in [0.29, 0.717) is 11.7 Å². The summed E-state index contributed by atoms with van der Waals surface area (Å²) in [5.41, 5.74) is 8.68. The summed E-state index contributed by atoms with van der Waals surface area (Å²) in [6.45, 7) is 13.2. The van der Waals surface area contributed by atoms with Crippen molar-refractivity contribution in [2.45, 2.75) is 52.2 Å². The maximum atomic E-state index is 12.3. The van der Waals surface area contributed by atoms with Gasteiger partial charge < -0.3 is 25.0 Å². The minimum Gasteiger partial charge on any atom is -0.495 e. The van der Waals surface area contributed by atoms with Gasteiger partial charge in [-0.2, -0.15) is 0 Å². The molecule has 2 N–H and O–H groups in total. The third kappa shape index (κ3) is 5.26. The molecular weight excluding hydrogens is 368 g/mol. The van der Waals surface area contributed by atoms with E-state index in [0.717, 1.165) is 57.9 Å². The smallest absolute Gasteiger partial charge is 0.410 e. The molecule has 7 heteroatoms. The number of hydrogen-bond acceptors (Lipinski definition) is 6. The maximum Gasteiger partial charge on any atom is 0.410 e. The molecule has 0 saturated carbocycles. The number of rotatable bonds is 3. The molecule has 1 aromatic rings. The molecule has 2 saturated heterocycles. The van der Waals surface area contributed by atoms with Crippen LogP contribution in [0.25, 0.3) is 0 Å². The van der Waals surface area contributed by atoms with Crippen LogP contribution in [-0.4, -0.2) is 73.9 Å². The van der Waals surface area contributed by atoms with Crippen LogP contribution in [0.4, 0.5) is 16.2 Å². The SMILES string of the molecule is COc1cc(N2CCC(N3CCN(C(=O)OC(C)(C)C)CC3)CC2)c(C)cc1N. The van der Waals surface area contributed by atoms with E-state index in [2.05, 4.69) is 22.8 Å². The first-order chi connectivity index (χ1) is 13.7. The molecule has 2 aliphatic rings. The molecule has 2 fully saturated rings. The molecule has 0 aromatic heterocycles. The van der Waals surface area contributed by atoms with Gasteiger partial charge >= 0.3 is 6.09 Å². The fourth-order valence-corrected chi connectivity index (χ4v) is 4.29. The number of carbonyl (C=O) groups is 1. The van der Waals surface area contributed by atoms with Crippen LogP contribution in [0, 0.1) is 6.92 Å². The first-order valence-corrected chi connectivity index (χ1v) is 10.6. The largest absolute Gasteiger partial charge is 0.495 e. The highest BCUT2D eigenvalue weighted by Gasteiger charge is 2.31. The van der Waals surface area contributed by atoms with E-state index < -0.39 is 5.60 Å². The molecule has 0 radical (unpaired) electrons. The predicted octanol–water partition coefficient (Wildman–Crippen LogP) is 3.11. The zero-order valence-electron chi connectivity index (χ0n) is 18.5. The van der Waals surface area contributed by atoms with Gasteiger partial charge in [0.15, 0.2) is 0 Å². The summed E-state index contributed by atoms with van der Waals surface area (Å²) in [5, 5.41) is 0. The normalized spacial score (nSPS) is 19.3. The van der Waals surface area contributed by atoms with Crippen LogP contribution in [0.1, 0.15) is 39.2 Å². The molecular formula is C22H36N4O3. The molecule has 0 unspecified atom stereocenters. The van der Waals surface area contributed by atoms with Crippen LogP contribution in [0.2, 0.25) is 0 Å². The molecule has 1 aromatic carbocycles. The van der Waals surface area contributed by atoms with Gasteiger partial charge in [0.2, 0.25) is 0 Å². The van der Waals surface area contributed by atoms with Gasteiger partial charge in [-0.15, -0.1) is 0 Å². The van der Waals surface area contributed by atoms with E-state index >= 15 is 0 Å². The maximum absolute atomic E-state index is 12.3. The number of piperidine rings is 1. The number of amides is 1. The zero-order valence-corrected chi connectivity index (χ0v) is 18.5. The first-order valence-electron chi connectivity index (χ1n) is 10.6. The van der Waals surface area contributed by atoms with Crippen LogP contribution in [-0.2, 0) is 4.74 Å². The van der Waals surface area contributed by atoms with Gasteiger partial charge in [-0.3, -0.25) is 4.90 Å². The second-order valence-electron chi connectivity index (χ2n) is 9.10. The number of ether oxygens (including phenoxy) is 2. The summed E-state index contributed by atoms with van der Waals surface area (Å²) < 4.78 is 10.9. The van der Waals surface area contributed by atoms with Crippen LogP contribution in [0.15, 0.2) is 12.1 Å². The van der Waals surface area contributed by atoms with Crippen molar-refractivity contribution in [2.24, 2.45) is 0 Å². The lowest BCUT2D eigenvalue weighted by Crippen LogP contribution is -2.55. The monoisotopic (exact) mass is 404 g/mol. The summed E-state index contributed by atoms with van der Waals surface area (Å²) in [6, 6.07) is 4.63. The predicted molar refractivity (Wildman–Crippen MR) is 117 cm³/mol. The quantitative estimate of drug-likeness (QED) is 0.781. The molecule has 0 aliphatic carbocycles. The van der Waals surface area contributed by atoms with Gasteiger partial charge in [0.25, 0.3) is 0 Å². The highest BCUT2D eigenvalue weighted by atomic mass is 16.6. The van der Waals surface area contributed by atoms with E-state index in [1.807, 2.05) is 31.7 Å². The highest BCUT2D eigenvalue weighted by Crippen LogP contribution is 2.33. The lowest BCUT2D eigenvalue weighted by Gasteiger charge is -2.43. The molecule has 0 spiro atoms. The second-order valence-corrected chi connectivity index (χ2v) is 9.10. The number of nitrogens with two attached hydrogens (primary N) is 1. The number of carbonyl (C=O) groups excluding carboxylic acids is 1. The van der Waals surface area contributed by atoms with Gasteiger partial charge in [0.1, 0.15) is 11.4 Å². The number of piperazine rings is 1. The Hall–Kier alpha value is -2.15. The van der Waals surface area contributed by atoms with Crippen molar-refractivity contribution in [3.05, 3.63) is 17.7 Å². The minimum atomic E-state index is -0.441. The number of aryl methyl sites for hydroxylation is 1. The van der Waals surface area contributed by atoms with Crippen molar-refractivity contribution in [1.82, 2.24) is 9.80 Å². The Bertz CT molecular complexity index is 716. The van der Waals surface area contributed by atoms with Crippen LogP contribution >= 0.6 is 0 Å². The average Bonchev–Trinajstić information content (AvgIpc) is 2.67. The van der Waals surface area contributed by atoms with E-state index in [1.165, 1.54) is 11.3 Å². The summed E-state index contributed by atoms with van der Waals surface area (Å²) in [7, 11) is 1.66. The third-order valence-electron chi connectivity index (χ3n) is 5.84. The molecule has 0 atom stereocenters. The van der Waals surface area contributed by atoms with E-state index in [1.54, 1.807) is 7.11 Å². The van der Waals surface area contributed by atoms with Gasteiger partial charge in [-0.05, 0) is 52.2 Å². The zero-order chi connectivity index (χ0) is 21.2. The van der Waals surface area contributed by atoms with Crippen molar-refractivity contribution >= 4 is 17.5 Å². The van der Waals surface area contributed by atoms with Crippen molar-refractivity contribution in [1.29, 1.82) is 0 Å². The number of benzene rings is 1. The Morgan fingerprint density at radius 1 is 1.07 bits per heavy atom. The Labute approximate surface area is 174 Å². The Kier molecular flexibility index (Phi) is 6.46. The van der Waals surface area contributed by atoms with E-state index in [9.17, 15) is 4.79 Å². The fraction of sp³-hybridized carbons (Fsp3) is 0.682. The molecule has 2 heterocycles. The first kappa shape index (κ1) is 21.6. The standard InChI is InChI=1S/C22H36N4O3/c1-16-14-18(23)20(28-5)15-19(16)25-8-6-17(7-9-25)24-10-12-26(13-11-24)21(27)29-22(2,3)4/h14-15,17H,6-13,23H2,1-5H3. The lowest BCUT2D eigenvalue weighted by atomic mass is 10.0. The number of methoxy groups -OCH3 is 1. The summed E-state index contributed by atoms with van der Waals surface area (Å²) in [4.78, 5) is 19.1. The average molecular weight is 405 g/mol. The Morgan fingerprint density at radius 2 is 1.69 bits per heavy atom. The fourth-order valence-electron chi connectivity index (χ4n) is 4.29. The third-order valence-corrected chi connectivity index (χ3v) is 5.84. The molecule has 162 valence electrons. The van der Waals surface area contributed by atoms with Gasteiger partial charge in [-0.25, -0.2) is 4.79 Å². The van der Waals surface area contributed by atoms with Crippen LogP contribution in [0.3, 0.4) is 0 Å². The number of nitrogens with zero attached hydrogens (tertiary/aromatic N) is 3. The van der Waals surface area contributed by atoms with Crippen LogP contribution in [0.5, 0.6) is 5.75 Å². The Balaban J connectivity index is 1.51. The summed E-state index contributed by atoms with van der Waals surface area (Å²) in [5.74, 6) is 0.742. The Morgan fingerprint density at radius 3 is 2.24 bits per heavy atom. The highest BCUT2D eigenvalue weighted by molar-refractivity contribution is 5.68. The number of hydrogen-bond donors (Lipinski definition) is 1.